The second kappa shape index (κ2) is 7.61. The summed E-state index contributed by atoms with van der Waals surface area (Å²) in [5.74, 6) is 0.0293. The van der Waals surface area contributed by atoms with E-state index in [0.29, 0.717) is 12.3 Å². The molecule has 1 saturated heterocycles. The molecule has 1 heterocycles. The van der Waals surface area contributed by atoms with Crippen molar-refractivity contribution in [1.82, 2.24) is 4.90 Å². The summed E-state index contributed by atoms with van der Waals surface area (Å²) in [6.45, 7) is 1.12. The lowest BCUT2D eigenvalue weighted by Crippen LogP contribution is -2.38. The molecule has 1 aromatic carbocycles. The van der Waals surface area contributed by atoms with E-state index in [0.717, 1.165) is 24.9 Å². The predicted octanol–water partition coefficient (Wildman–Crippen LogP) is 0.514. The van der Waals surface area contributed by atoms with Crippen LogP contribution in [0.3, 0.4) is 0 Å². The van der Waals surface area contributed by atoms with Gasteiger partial charge in [-0.05, 0) is 36.6 Å². The average molecular weight is 303 g/mol. The number of hydrogen-bond donors (Lipinski definition) is 2. The maximum atomic E-state index is 12.1. The van der Waals surface area contributed by atoms with Crippen molar-refractivity contribution in [2.24, 2.45) is 11.5 Å². The van der Waals surface area contributed by atoms with Gasteiger partial charge in [-0.15, -0.1) is 0 Å². The Morgan fingerprint density at radius 2 is 2.05 bits per heavy atom. The predicted molar refractivity (Wildman–Crippen MR) is 84.0 cm³/mol. The van der Waals surface area contributed by atoms with Gasteiger partial charge in [-0.3, -0.25) is 9.59 Å². The summed E-state index contributed by atoms with van der Waals surface area (Å²) >= 11 is 0. The summed E-state index contributed by atoms with van der Waals surface area (Å²) < 4.78 is 5.17. The Bertz CT molecular complexity index is 554. The molecular weight excluding hydrogens is 282 g/mol. The number of carbonyl (C=O) groups excluding carboxylic acids is 2. The zero-order valence-corrected chi connectivity index (χ0v) is 12.4. The molecule has 1 atom stereocenters. The van der Waals surface area contributed by atoms with Crippen molar-refractivity contribution >= 4 is 17.9 Å². The second-order valence-corrected chi connectivity index (χ2v) is 5.22. The van der Waals surface area contributed by atoms with Gasteiger partial charge in [0.15, 0.2) is 6.61 Å². The van der Waals surface area contributed by atoms with Crippen molar-refractivity contribution < 1.29 is 14.3 Å². The molecule has 6 heteroatoms. The molecule has 0 bridgehead atoms. The van der Waals surface area contributed by atoms with E-state index in [1.165, 1.54) is 0 Å². The fourth-order valence-electron chi connectivity index (χ4n) is 2.46. The van der Waals surface area contributed by atoms with Gasteiger partial charge >= 0.3 is 0 Å². The molecule has 118 valence electrons. The SMILES string of the molecule is NCC1CCCN1C(=O)/C=C/c1ccc(OCC(N)=O)cc1. The highest BCUT2D eigenvalue weighted by atomic mass is 16.5. The lowest BCUT2D eigenvalue weighted by molar-refractivity contribution is -0.126. The normalized spacial score (nSPS) is 17.9. The fraction of sp³-hybridized carbons (Fsp3) is 0.375. The molecule has 2 amide bonds. The van der Waals surface area contributed by atoms with Crippen LogP contribution in [0.1, 0.15) is 18.4 Å². The molecule has 6 nitrogen and oxygen atoms in total. The number of ether oxygens (including phenoxy) is 1. The van der Waals surface area contributed by atoms with Crippen LogP contribution in [0.15, 0.2) is 30.3 Å². The Hall–Kier alpha value is -2.34. The number of carbonyl (C=O) groups is 2. The molecule has 0 aromatic heterocycles. The standard InChI is InChI=1S/C16H21N3O3/c17-10-13-2-1-9-19(13)16(21)8-5-12-3-6-14(7-4-12)22-11-15(18)20/h3-8,13H,1-2,9-11,17H2,(H2,18,20)/b8-5+. The number of rotatable bonds is 6. The van der Waals surface area contributed by atoms with E-state index < -0.39 is 5.91 Å². The molecule has 1 fully saturated rings. The van der Waals surface area contributed by atoms with Crippen molar-refractivity contribution in [3.8, 4) is 5.75 Å². The Morgan fingerprint density at radius 1 is 1.32 bits per heavy atom. The monoisotopic (exact) mass is 303 g/mol. The first-order chi connectivity index (χ1) is 10.6. The van der Waals surface area contributed by atoms with Crippen LogP contribution in [0, 0.1) is 0 Å². The average Bonchev–Trinajstić information content (AvgIpc) is 3.00. The number of likely N-dealkylation sites (tertiary alicyclic amines) is 1. The fourth-order valence-corrected chi connectivity index (χ4v) is 2.46. The van der Waals surface area contributed by atoms with E-state index in [2.05, 4.69) is 0 Å². The van der Waals surface area contributed by atoms with Gasteiger partial charge in [-0.2, -0.15) is 0 Å². The van der Waals surface area contributed by atoms with E-state index in [4.69, 9.17) is 16.2 Å². The van der Waals surface area contributed by atoms with Crippen molar-refractivity contribution in [1.29, 1.82) is 0 Å². The summed E-state index contributed by atoms with van der Waals surface area (Å²) in [5.41, 5.74) is 11.6. The lowest BCUT2D eigenvalue weighted by atomic mass is 10.2. The third-order valence-electron chi connectivity index (χ3n) is 3.61. The van der Waals surface area contributed by atoms with E-state index in [1.807, 2.05) is 17.0 Å². The summed E-state index contributed by atoms with van der Waals surface area (Å²) in [7, 11) is 0. The van der Waals surface area contributed by atoms with Crippen LogP contribution in [-0.2, 0) is 9.59 Å². The van der Waals surface area contributed by atoms with Crippen LogP contribution in [0.5, 0.6) is 5.75 Å². The highest BCUT2D eigenvalue weighted by molar-refractivity contribution is 5.92. The molecule has 0 saturated carbocycles. The molecule has 22 heavy (non-hydrogen) atoms. The smallest absolute Gasteiger partial charge is 0.255 e. The van der Waals surface area contributed by atoms with Gasteiger partial charge in [0, 0.05) is 25.2 Å². The van der Waals surface area contributed by atoms with Gasteiger partial charge in [0.05, 0.1) is 0 Å². The number of benzene rings is 1. The van der Waals surface area contributed by atoms with Crippen molar-refractivity contribution in [3.63, 3.8) is 0 Å². The van der Waals surface area contributed by atoms with E-state index in [-0.39, 0.29) is 18.6 Å². The highest BCUT2D eigenvalue weighted by Crippen LogP contribution is 2.17. The molecule has 1 unspecified atom stereocenters. The van der Waals surface area contributed by atoms with Gasteiger partial charge in [0.25, 0.3) is 5.91 Å². The van der Waals surface area contributed by atoms with E-state index in [1.54, 1.807) is 24.3 Å². The summed E-state index contributed by atoms with van der Waals surface area (Å²) in [5, 5.41) is 0. The van der Waals surface area contributed by atoms with Gasteiger partial charge in [0.2, 0.25) is 5.91 Å². The summed E-state index contributed by atoms with van der Waals surface area (Å²) in [6, 6.07) is 7.23. The summed E-state index contributed by atoms with van der Waals surface area (Å²) in [6.07, 6.45) is 5.30. The van der Waals surface area contributed by atoms with Gasteiger partial charge < -0.3 is 21.1 Å². The molecule has 4 N–H and O–H groups in total. The molecule has 2 rings (SSSR count). The zero-order chi connectivity index (χ0) is 15.9. The molecular formula is C16H21N3O3. The van der Waals surface area contributed by atoms with Gasteiger partial charge in [-0.1, -0.05) is 12.1 Å². The number of primary amides is 1. The van der Waals surface area contributed by atoms with Gasteiger partial charge in [0.1, 0.15) is 5.75 Å². The van der Waals surface area contributed by atoms with Crippen LogP contribution < -0.4 is 16.2 Å². The molecule has 1 aliphatic rings. The summed E-state index contributed by atoms with van der Waals surface area (Å²) in [4.78, 5) is 24.6. The Morgan fingerprint density at radius 3 is 2.68 bits per heavy atom. The highest BCUT2D eigenvalue weighted by Gasteiger charge is 2.25. The van der Waals surface area contributed by atoms with Crippen LogP contribution in [0.4, 0.5) is 0 Å². The maximum absolute atomic E-state index is 12.1. The molecule has 0 aliphatic carbocycles. The van der Waals surface area contributed by atoms with Crippen LogP contribution in [0.25, 0.3) is 6.08 Å². The van der Waals surface area contributed by atoms with Crippen LogP contribution >= 0.6 is 0 Å². The van der Waals surface area contributed by atoms with Crippen molar-refractivity contribution in [2.45, 2.75) is 18.9 Å². The van der Waals surface area contributed by atoms with Crippen LogP contribution in [-0.4, -0.2) is 42.5 Å². The third-order valence-corrected chi connectivity index (χ3v) is 3.61. The first kappa shape index (κ1) is 16.0. The topological polar surface area (TPSA) is 98.7 Å². The van der Waals surface area contributed by atoms with Crippen molar-refractivity contribution in [3.05, 3.63) is 35.9 Å². The minimum Gasteiger partial charge on any atom is -0.484 e. The number of amides is 2. The Labute approximate surface area is 129 Å². The van der Waals surface area contributed by atoms with Crippen molar-refractivity contribution in [2.75, 3.05) is 19.7 Å². The Balaban J connectivity index is 1.92. The minimum absolute atomic E-state index is 0.0120. The molecule has 1 aromatic rings. The number of hydrogen-bond acceptors (Lipinski definition) is 4. The maximum Gasteiger partial charge on any atom is 0.255 e. The first-order valence-electron chi connectivity index (χ1n) is 7.30. The molecule has 0 spiro atoms. The molecule has 0 radical (unpaired) electrons. The van der Waals surface area contributed by atoms with Crippen LogP contribution in [0.2, 0.25) is 0 Å². The third kappa shape index (κ3) is 4.33. The van der Waals surface area contributed by atoms with E-state index in [9.17, 15) is 9.59 Å². The quantitative estimate of drug-likeness (QED) is 0.748. The first-order valence-corrected chi connectivity index (χ1v) is 7.30. The number of nitrogens with zero attached hydrogens (tertiary/aromatic N) is 1. The lowest BCUT2D eigenvalue weighted by Gasteiger charge is -2.21. The zero-order valence-electron chi connectivity index (χ0n) is 12.4. The number of nitrogens with two attached hydrogens (primary N) is 2. The van der Waals surface area contributed by atoms with E-state index >= 15 is 0 Å². The van der Waals surface area contributed by atoms with Gasteiger partial charge in [-0.25, -0.2) is 0 Å². The minimum atomic E-state index is -0.519. The second-order valence-electron chi connectivity index (χ2n) is 5.22. The largest absolute Gasteiger partial charge is 0.484 e. The Kier molecular flexibility index (Phi) is 5.55. The molecule has 1 aliphatic heterocycles.